The van der Waals surface area contributed by atoms with Crippen LogP contribution in [0.25, 0.3) is 17.1 Å². The summed E-state index contributed by atoms with van der Waals surface area (Å²) in [6.07, 6.45) is 1.86. The molecule has 0 saturated heterocycles. The number of hydrogen-bond donors (Lipinski definition) is 0. The van der Waals surface area contributed by atoms with E-state index in [9.17, 15) is 9.18 Å². The summed E-state index contributed by atoms with van der Waals surface area (Å²) in [6, 6.07) is 15.9. The van der Waals surface area contributed by atoms with Crippen LogP contribution in [0.2, 0.25) is 0 Å². The Hall–Kier alpha value is -2.67. The van der Waals surface area contributed by atoms with Crippen LogP contribution >= 0.6 is 11.8 Å². The Morgan fingerprint density at radius 3 is 2.28 bits per heavy atom. The van der Waals surface area contributed by atoms with Gasteiger partial charge in [0, 0.05) is 24.3 Å². The minimum Gasteiger partial charge on any atom is -0.342 e. The molecule has 1 heterocycles. The molecule has 3 aromatic rings. The van der Waals surface area contributed by atoms with Gasteiger partial charge in [0.25, 0.3) is 0 Å². The second-order valence-electron chi connectivity index (χ2n) is 6.65. The van der Waals surface area contributed by atoms with Gasteiger partial charge in [-0.2, -0.15) is 0 Å². The van der Waals surface area contributed by atoms with E-state index in [0.29, 0.717) is 11.0 Å². The number of carbonyl (C=O) groups is 1. The molecule has 0 aliphatic carbocycles. The monoisotopic (exact) mass is 412 g/mol. The SMILES string of the molecule is CCCN(CCC)C(=O)CSc1nnc(-c2ccccc2)n1-c1ccc(F)cc1. The predicted molar refractivity (Wildman–Crippen MR) is 115 cm³/mol. The molecule has 0 spiro atoms. The standard InChI is InChI=1S/C22H25FN4OS/c1-3-14-26(15-4-2)20(28)16-29-22-25-24-21(17-8-6-5-7-9-17)27(22)19-12-10-18(23)11-13-19/h5-13H,3-4,14-16H2,1-2H3. The fraction of sp³-hybridized carbons (Fsp3) is 0.318. The van der Waals surface area contributed by atoms with Crippen molar-refractivity contribution in [3.8, 4) is 17.1 Å². The first-order valence-electron chi connectivity index (χ1n) is 9.81. The van der Waals surface area contributed by atoms with Crippen molar-refractivity contribution in [2.24, 2.45) is 0 Å². The fourth-order valence-corrected chi connectivity index (χ4v) is 3.93. The van der Waals surface area contributed by atoms with Gasteiger partial charge in [0.05, 0.1) is 5.75 Å². The molecule has 5 nitrogen and oxygen atoms in total. The van der Waals surface area contributed by atoms with Crippen molar-refractivity contribution in [3.63, 3.8) is 0 Å². The smallest absolute Gasteiger partial charge is 0.233 e. The van der Waals surface area contributed by atoms with E-state index < -0.39 is 0 Å². The topological polar surface area (TPSA) is 51.0 Å². The molecule has 1 amide bonds. The van der Waals surface area contributed by atoms with Crippen molar-refractivity contribution in [3.05, 3.63) is 60.4 Å². The summed E-state index contributed by atoms with van der Waals surface area (Å²) in [6.45, 7) is 5.65. The molecule has 7 heteroatoms. The van der Waals surface area contributed by atoms with E-state index in [-0.39, 0.29) is 17.5 Å². The van der Waals surface area contributed by atoms with Crippen LogP contribution in [0.15, 0.2) is 59.8 Å². The Morgan fingerprint density at radius 2 is 1.66 bits per heavy atom. The number of nitrogens with zero attached hydrogens (tertiary/aromatic N) is 4. The number of amides is 1. The molecule has 0 aliphatic rings. The summed E-state index contributed by atoms with van der Waals surface area (Å²) in [5, 5.41) is 9.29. The van der Waals surface area contributed by atoms with E-state index in [0.717, 1.165) is 37.2 Å². The maximum absolute atomic E-state index is 13.4. The Balaban J connectivity index is 1.90. The maximum Gasteiger partial charge on any atom is 0.233 e. The van der Waals surface area contributed by atoms with Gasteiger partial charge in [-0.3, -0.25) is 9.36 Å². The van der Waals surface area contributed by atoms with Crippen LogP contribution in [-0.2, 0) is 4.79 Å². The first kappa shape index (κ1) is 21.0. The molecule has 29 heavy (non-hydrogen) atoms. The van der Waals surface area contributed by atoms with Crippen molar-refractivity contribution < 1.29 is 9.18 Å². The quantitative estimate of drug-likeness (QED) is 0.473. The lowest BCUT2D eigenvalue weighted by molar-refractivity contribution is -0.128. The molecular formula is C22H25FN4OS. The van der Waals surface area contributed by atoms with Gasteiger partial charge in [-0.1, -0.05) is 55.9 Å². The zero-order valence-corrected chi connectivity index (χ0v) is 17.5. The number of rotatable bonds is 9. The predicted octanol–water partition coefficient (Wildman–Crippen LogP) is 4.81. The fourth-order valence-electron chi connectivity index (χ4n) is 3.08. The number of carbonyl (C=O) groups excluding carboxylic acids is 1. The lowest BCUT2D eigenvalue weighted by Gasteiger charge is -2.21. The van der Waals surface area contributed by atoms with Crippen molar-refractivity contribution in [1.82, 2.24) is 19.7 Å². The lowest BCUT2D eigenvalue weighted by Crippen LogP contribution is -2.33. The van der Waals surface area contributed by atoms with Gasteiger partial charge in [0.15, 0.2) is 11.0 Å². The molecule has 0 bridgehead atoms. The maximum atomic E-state index is 13.4. The molecule has 2 aromatic carbocycles. The Morgan fingerprint density at radius 1 is 1.00 bits per heavy atom. The average molecular weight is 413 g/mol. The first-order chi connectivity index (χ1) is 14.1. The molecule has 0 atom stereocenters. The van der Waals surface area contributed by atoms with Crippen molar-refractivity contribution >= 4 is 17.7 Å². The number of aromatic nitrogens is 3. The third-order valence-corrected chi connectivity index (χ3v) is 5.33. The summed E-state index contributed by atoms with van der Waals surface area (Å²) >= 11 is 1.35. The normalized spacial score (nSPS) is 10.9. The molecule has 0 saturated carbocycles. The molecule has 0 radical (unpaired) electrons. The summed E-state index contributed by atoms with van der Waals surface area (Å²) < 4.78 is 15.3. The number of benzene rings is 2. The van der Waals surface area contributed by atoms with Crippen LogP contribution in [-0.4, -0.2) is 44.4 Å². The minimum atomic E-state index is -0.303. The summed E-state index contributed by atoms with van der Waals surface area (Å²) in [5.41, 5.74) is 1.66. The molecule has 0 aliphatic heterocycles. The van der Waals surface area contributed by atoms with Gasteiger partial charge in [-0.15, -0.1) is 10.2 Å². The Labute approximate surface area is 175 Å². The lowest BCUT2D eigenvalue weighted by atomic mass is 10.2. The third-order valence-electron chi connectivity index (χ3n) is 4.41. The molecule has 0 N–H and O–H groups in total. The highest BCUT2D eigenvalue weighted by Crippen LogP contribution is 2.28. The van der Waals surface area contributed by atoms with Crippen molar-refractivity contribution in [2.75, 3.05) is 18.8 Å². The summed E-state index contributed by atoms with van der Waals surface area (Å²) in [5.74, 6) is 0.732. The molecule has 0 fully saturated rings. The second-order valence-corrected chi connectivity index (χ2v) is 7.60. The van der Waals surface area contributed by atoms with Crippen LogP contribution in [0.1, 0.15) is 26.7 Å². The average Bonchev–Trinajstić information content (AvgIpc) is 3.17. The minimum absolute atomic E-state index is 0.0913. The number of hydrogen-bond acceptors (Lipinski definition) is 4. The van der Waals surface area contributed by atoms with Gasteiger partial charge in [0.2, 0.25) is 5.91 Å². The van der Waals surface area contributed by atoms with Gasteiger partial charge < -0.3 is 4.90 Å². The summed E-state index contributed by atoms with van der Waals surface area (Å²) in [7, 11) is 0. The van der Waals surface area contributed by atoms with Gasteiger partial charge >= 0.3 is 0 Å². The molecule has 1 aromatic heterocycles. The summed E-state index contributed by atoms with van der Waals surface area (Å²) in [4.78, 5) is 14.6. The largest absolute Gasteiger partial charge is 0.342 e. The number of halogens is 1. The number of thioether (sulfide) groups is 1. The van der Waals surface area contributed by atoms with Crippen LogP contribution in [0.5, 0.6) is 0 Å². The van der Waals surface area contributed by atoms with Gasteiger partial charge in [-0.05, 0) is 37.1 Å². The molecule has 0 unspecified atom stereocenters. The van der Waals surface area contributed by atoms with E-state index in [2.05, 4.69) is 24.0 Å². The van der Waals surface area contributed by atoms with E-state index >= 15 is 0 Å². The first-order valence-corrected chi connectivity index (χ1v) is 10.8. The zero-order valence-electron chi connectivity index (χ0n) is 16.7. The second kappa shape index (κ2) is 10.2. The van der Waals surface area contributed by atoms with Gasteiger partial charge in [0.1, 0.15) is 5.82 Å². The highest BCUT2D eigenvalue weighted by atomic mass is 32.2. The highest BCUT2D eigenvalue weighted by Gasteiger charge is 2.19. The van der Waals surface area contributed by atoms with Crippen LogP contribution in [0, 0.1) is 5.82 Å². The highest BCUT2D eigenvalue weighted by molar-refractivity contribution is 7.99. The van der Waals surface area contributed by atoms with E-state index in [4.69, 9.17) is 0 Å². The van der Waals surface area contributed by atoms with Gasteiger partial charge in [-0.25, -0.2) is 4.39 Å². The Bertz CT molecular complexity index is 922. The van der Waals surface area contributed by atoms with E-state index in [1.165, 1.54) is 23.9 Å². The molecule has 152 valence electrons. The molecule has 3 rings (SSSR count). The molecular weight excluding hydrogens is 387 g/mol. The van der Waals surface area contributed by atoms with E-state index in [1.807, 2.05) is 39.8 Å². The van der Waals surface area contributed by atoms with Crippen molar-refractivity contribution in [1.29, 1.82) is 0 Å². The third kappa shape index (κ3) is 5.23. The van der Waals surface area contributed by atoms with Crippen molar-refractivity contribution in [2.45, 2.75) is 31.8 Å². The van der Waals surface area contributed by atoms with Crippen LogP contribution in [0.3, 0.4) is 0 Å². The zero-order chi connectivity index (χ0) is 20.6. The van der Waals surface area contributed by atoms with Crippen LogP contribution in [0.4, 0.5) is 4.39 Å². The Kier molecular flexibility index (Phi) is 7.41. The van der Waals surface area contributed by atoms with Crippen LogP contribution < -0.4 is 0 Å². The van der Waals surface area contributed by atoms with E-state index in [1.54, 1.807) is 12.1 Å².